The Morgan fingerprint density at radius 3 is 2.06 bits per heavy atom. The van der Waals surface area contributed by atoms with Crippen molar-refractivity contribution in [1.82, 2.24) is 14.5 Å². The fourth-order valence-corrected chi connectivity index (χ4v) is 7.00. The van der Waals surface area contributed by atoms with Gasteiger partial charge in [-0.25, -0.2) is 9.97 Å². The highest BCUT2D eigenvalue weighted by molar-refractivity contribution is 6.09. The molecule has 0 fully saturated rings. The van der Waals surface area contributed by atoms with Gasteiger partial charge in [0, 0.05) is 41.0 Å². The molecule has 6 nitrogen and oxygen atoms in total. The summed E-state index contributed by atoms with van der Waals surface area (Å²) < 4.78 is 8.88. The van der Waals surface area contributed by atoms with E-state index in [9.17, 15) is 0 Å². The van der Waals surface area contributed by atoms with Crippen LogP contribution in [-0.4, -0.2) is 21.2 Å². The second-order valence-corrected chi connectivity index (χ2v) is 15.4. The number of aromatic nitrogens is 3. The van der Waals surface area contributed by atoms with E-state index in [1.807, 2.05) is 18.5 Å². The van der Waals surface area contributed by atoms with Crippen molar-refractivity contribution in [3.05, 3.63) is 138 Å². The van der Waals surface area contributed by atoms with E-state index in [0.29, 0.717) is 6.67 Å². The summed E-state index contributed by atoms with van der Waals surface area (Å²) in [6.07, 6.45) is 3.94. The highest BCUT2D eigenvalue weighted by Gasteiger charge is 2.30. The van der Waals surface area contributed by atoms with Crippen LogP contribution in [0.2, 0.25) is 0 Å². The first-order valence-corrected chi connectivity index (χ1v) is 17.3. The van der Waals surface area contributed by atoms with Gasteiger partial charge in [0.25, 0.3) is 0 Å². The summed E-state index contributed by atoms with van der Waals surface area (Å²) in [7, 11) is 0. The van der Waals surface area contributed by atoms with E-state index in [1.165, 1.54) is 22.1 Å². The number of hydrogen-bond acceptors (Lipinski definition) is 5. The largest absolute Gasteiger partial charge is 0.457 e. The smallest absolute Gasteiger partial charge is 0.137 e. The number of benzene rings is 4. The summed E-state index contributed by atoms with van der Waals surface area (Å²) in [6.45, 7) is 16.2. The minimum Gasteiger partial charge on any atom is -0.457 e. The van der Waals surface area contributed by atoms with E-state index in [2.05, 4.69) is 166 Å². The lowest BCUT2D eigenvalue weighted by atomic mass is 9.87. The number of pyridine rings is 2. The molecule has 0 saturated carbocycles. The van der Waals surface area contributed by atoms with Crippen molar-refractivity contribution in [3.63, 3.8) is 0 Å². The molecule has 0 amide bonds. The Morgan fingerprint density at radius 2 is 1.30 bits per heavy atom. The van der Waals surface area contributed by atoms with Gasteiger partial charge >= 0.3 is 0 Å². The molecule has 1 aliphatic heterocycles. The summed E-state index contributed by atoms with van der Waals surface area (Å²) in [5.74, 6) is 3.43. The van der Waals surface area contributed by atoms with Gasteiger partial charge in [-0.15, -0.1) is 0 Å². The standard InChI is InChI=1S/C44H43N5O/c1-29-23-31(44(5,6)7)27-46-42(29)48-28-47(38-17-10-11-18-39(38)48)32-13-12-14-33(25-32)50-34-19-20-36-35-15-8-9-16-37(35)49(40(36)26-34)41-24-30(21-22-45-41)43(2,3)4/h8-27H,28H2,1-7H3. The maximum Gasteiger partial charge on any atom is 0.137 e. The van der Waals surface area contributed by atoms with Gasteiger partial charge in [-0.2, -0.15) is 0 Å². The second kappa shape index (κ2) is 11.8. The molecule has 0 saturated heterocycles. The molecule has 4 heterocycles. The average Bonchev–Trinajstić information content (AvgIpc) is 3.64. The molecule has 7 aromatic rings. The van der Waals surface area contributed by atoms with E-state index in [0.717, 1.165) is 56.6 Å². The summed E-state index contributed by atoms with van der Waals surface area (Å²) in [5, 5.41) is 2.35. The zero-order chi connectivity index (χ0) is 34.8. The highest BCUT2D eigenvalue weighted by Crippen LogP contribution is 2.45. The van der Waals surface area contributed by atoms with Gasteiger partial charge in [0.05, 0.1) is 22.4 Å². The third kappa shape index (κ3) is 5.55. The number of fused-ring (bicyclic) bond motifs is 4. The van der Waals surface area contributed by atoms with Gasteiger partial charge in [-0.05, 0) is 89.0 Å². The number of ether oxygens (including phenoxy) is 1. The molecule has 0 N–H and O–H groups in total. The zero-order valence-corrected chi connectivity index (χ0v) is 29.9. The lowest BCUT2D eigenvalue weighted by molar-refractivity contribution is 0.483. The molecule has 4 aromatic carbocycles. The van der Waals surface area contributed by atoms with Gasteiger partial charge in [-0.1, -0.05) is 84.0 Å². The van der Waals surface area contributed by atoms with E-state index in [4.69, 9.17) is 14.7 Å². The predicted octanol–water partition coefficient (Wildman–Crippen LogP) is 11.5. The van der Waals surface area contributed by atoms with Crippen molar-refractivity contribution < 1.29 is 4.74 Å². The summed E-state index contributed by atoms with van der Waals surface area (Å²) in [5.41, 5.74) is 9.21. The average molecular weight is 658 g/mol. The molecule has 50 heavy (non-hydrogen) atoms. The van der Waals surface area contributed by atoms with Crippen LogP contribution < -0.4 is 14.5 Å². The van der Waals surface area contributed by atoms with Crippen LogP contribution in [0.3, 0.4) is 0 Å². The number of aryl methyl sites for hydroxylation is 1. The minimum atomic E-state index is 0.00878. The quantitative estimate of drug-likeness (QED) is 0.184. The van der Waals surface area contributed by atoms with Crippen molar-refractivity contribution in [3.8, 4) is 17.3 Å². The van der Waals surface area contributed by atoms with Crippen molar-refractivity contribution in [1.29, 1.82) is 0 Å². The van der Waals surface area contributed by atoms with Crippen molar-refractivity contribution in [2.45, 2.75) is 59.3 Å². The molecule has 0 spiro atoms. The molecular formula is C44H43N5O. The molecule has 0 aliphatic carbocycles. The molecule has 250 valence electrons. The highest BCUT2D eigenvalue weighted by atomic mass is 16.5. The van der Waals surface area contributed by atoms with Crippen LogP contribution in [0.5, 0.6) is 11.5 Å². The van der Waals surface area contributed by atoms with Crippen LogP contribution in [0.25, 0.3) is 27.6 Å². The molecule has 0 radical (unpaired) electrons. The van der Waals surface area contributed by atoms with Gasteiger partial charge in [0.1, 0.15) is 29.8 Å². The Morgan fingerprint density at radius 1 is 0.600 bits per heavy atom. The van der Waals surface area contributed by atoms with E-state index in [-0.39, 0.29) is 10.8 Å². The Balaban J connectivity index is 1.14. The fourth-order valence-electron chi connectivity index (χ4n) is 7.00. The van der Waals surface area contributed by atoms with Gasteiger partial charge in [0.15, 0.2) is 0 Å². The first-order valence-electron chi connectivity index (χ1n) is 17.3. The molecule has 0 bridgehead atoms. The van der Waals surface area contributed by atoms with E-state index >= 15 is 0 Å². The van der Waals surface area contributed by atoms with Crippen LogP contribution >= 0.6 is 0 Å². The molecule has 0 unspecified atom stereocenters. The Kier molecular flexibility index (Phi) is 7.44. The van der Waals surface area contributed by atoms with Crippen LogP contribution in [0.15, 0.2) is 122 Å². The number of rotatable bonds is 5. The summed E-state index contributed by atoms with van der Waals surface area (Å²) >= 11 is 0. The van der Waals surface area contributed by atoms with E-state index in [1.54, 1.807) is 0 Å². The third-order valence-corrected chi connectivity index (χ3v) is 9.77. The Hall–Kier alpha value is -5.62. The van der Waals surface area contributed by atoms with Gasteiger partial charge in [-0.3, -0.25) is 4.57 Å². The molecule has 3 aromatic heterocycles. The van der Waals surface area contributed by atoms with Crippen molar-refractivity contribution >= 4 is 44.7 Å². The Labute approximate surface area is 294 Å². The number of anilines is 4. The van der Waals surface area contributed by atoms with Crippen LogP contribution in [0.1, 0.15) is 58.2 Å². The number of para-hydroxylation sites is 3. The second-order valence-electron chi connectivity index (χ2n) is 15.4. The normalized spacial score (nSPS) is 13.3. The minimum absolute atomic E-state index is 0.00878. The maximum absolute atomic E-state index is 6.63. The van der Waals surface area contributed by atoms with Crippen LogP contribution in [0.4, 0.5) is 22.9 Å². The first-order chi connectivity index (χ1) is 24.0. The lowest BCUT2D eigenvalue weighted by Crippen LogP contribution is -2.25. The van der Waals surface area contributed by atoms with Crippen molar-refractivity contribution in [2.75, 3.05) is 16.5 Å². The topological polar surface area (TPSA) is 46.4 Å². The first kappa shape index (κ1) is 31.6. The SMILES string of the molecule is Cc1cc(C(C)(C)C)cnc1N1CN(c2cccc(Oc3ccc4c5ccccc5n(-c5cc(C(C)(C)C)ccn5)c4c3)c2)c2ccccc21. The van der Waals surface area contributed by atoms with Crippen LogP contribution in [-0.2, 0) is 10.8 Å². The summed E-state index contributed by atoms with van der Waals surface area (Å²) in [6, 6.07) is 38.4. The molecule has 0 atom stereocenters. The van der Waals surface area contributed by atoms with Gasteiger partial charge in [0.2, 0.25) is 0 Å². The van der Waals surface area contributed by atoms with Gasteiger partial charge < -0.3 is 14.5 Å². The molecule has 6 heteroatoms. The molecular weight excluding hydrogens is 615 g/mol. The number of nitrogens with zero attached hydrogens (tertiary/aromatic N) is 5. The third-order valence-electron chi connectivity index (χ3n) is 9.77. The maximum atomic E-state index is 6.63. The molecule has 1 aliphatic rings. The zero-order valence-electron chi connectivity index (χ0n) is 29.9. The fraction of sp³-hybridized carbons (Fsp3) is 0.227. The molecule has 8 rings (SSSR count). The summed E-state index contributed by atoms with van der Waals surface area (Å²) in [4.78, 5) is 14.5. The predicted molar refractivity (Wildman–Crippen MR) is 207 cm³/mol. The monoisotopic (exact) mass is 657 g/mol. The van der Waals surface area contributed by atoms with Crippen molar-refractivity contribution in [2.24, 2.45) is 0 Å². The number of hydrogen-bond donors (Lipinski definition) is 0. The van der Waals surface area contributed by atoms with Crippen LogP contribution in [0, 0.1) is 6.92 Å². The van der Waals surface area contributed by atoms with E-state index < -0.39 is 0 Å². The Bertz CT molecular complexity index is 2390. The lowest BCUT2D eigenvalue weighted by Gasteiger charge is -2.25.